The molecule has 23 heavy (non-hydrogen) atoms. The second-order valence-electron chi connectivity index (χ2n) is 5.29. The van der Waals surface area contributed by atoms with Gasteiger partial charge in [0, 0.05) is 10.0 Å². The molecule has 0 aromatic heterocycles. The second kappa shape index (κ2) is 9.11. The van der Waals surface area contributed by atoms with Gasteiger partial charge in [-0.2, -0.15) is 0 Å². The molecule has 0 radical (unpaired) electrons. The van der Waals surface area contributed by atoms with Crippen molar-refractivity contribution in [3.8, 4) is 0 Å². The number of benzene rings is 1. The normalized spacial score (nSPS) is 13.5. The van der Waals surface area contributed by atoms with Gasteiger partial charge in [-0.15, -0.1) is 0 Å². The fourth-order valence-corrected chi connectivity index (χ4v) is 2.58. The molecule has 0 aliphatic heterocycles. The van der Waals surface area contributed by atoms with Gasteiger partial charge >= 0.3 is 5.97 Å². The first kappa shape index (κ1) is 19.7. The van der Waals surface area contributed by atoms with Crippen LogP contribution in [-0.4, -0.2) is 43.0 Å². The molecule has 0 saturated heterocycles. The van der Waals surface area contributed by atoms with Crippen LogP contribution in [0.3, 0.4) is 0 Å². The Morgan fingerprint density at radius 3 is 2.52 bits per heavy atom. The molecule has 1 aromatic carbocycles. The molecule has 1 N–H and O–H groups in total. The SMILES string of the molecule is CCOC(=O)CN(C)C(C)C(=O)NC(C)c1ccc(Cl)cc1Cl. The number of hydrogen-bond acceptors (Lipinski definition) is 4. The molecule has 2 unspecified atom stereocenters. The zero-order valence-corrected chi connectivity index (χ0v) is 15.2. The highest BCUT2D eigenvalue weighted by molar-refractivity contribution is 6.35. The molecule has 5 nitrogen and oxygen atoms in total. The number of carbonyl (C=O) groups excluding carboxylic acids is 2. The molecule has 1 aromatic rings. The third-order valence-corrected chi connectivity index (χ3v) is 4.07. The van der Waals surface area contributed by atoms with E-state index in [0.717, 1.165) is 5.56 Å². The average molecular weight is 361 g/mol. The van der Waals surface area contributed by atoms with Crippen LogP contribution in [-0.2, 0) is 14.3 Å². The van der Waals surface area contributed by atoms with Crippen LogP contribution in [0.2, 0.25) is 10.0 Å². The number of nitrogens with one attached hydrogen (secondary N) is 1. The van der Waals surface area contributed by atoms with Crippen LogP contribution >= 0.6 is 23.2 Å². The Kier molecular flexibility index (Phi) is 7.82. The topological polar surface area (TPSA) is 58.6 Å². The molecule has 0 aliphatic rings. The van der Waals surface area contributed by atoms with Gasteiger partial charge in [0.05, 0.1) is 25.2 Å². The maximum absolute atomic E-state index is 12.3. The average Bonchev–Trinajstić information content (AvgIpc) is 2.46. The molecule has 0 heterocycles. The second-order valence-corrected chi connectivity index (χ2v) is 6.14. The minimum absolute atomic E-state index is 0.0541. The monoisotopic (exact) mass is 360 g/mol. The predicted molar refractivity (Wildman–Crippen MR) is 91.7 cm³/mol. The van der Waals surface area contributed by atoms with E-state index in [4.69, 9.17) is 27.9 Å². The van der Waals surface area contributed by atoms with Crippen LogP contribution in [0.5, 0.6) is 0 Å². The van der Waals surface area contributed by atoms with Gasteiger partial charge in [0.1, 0.15) is 0 Å². The van der Waals surface area contributed by atoms with E-state index in [1.807, 2.05) is 6.92 Å². The first-order valence-corrected chi connectivity index (χ1v) is 8.13. The first-order valence-electron chi connectivity index (χ1n) is 7.37. The molecule has 7 heteroatoms. The van der Waals surface area contributed by atoms with E-state index in [9.17, 15) is 9.59 Å². The molecule has 0 spiro atoms. The molecule has 128 valence electrons. The summed E-state index contributed by atoms with van der Waals surface area (Å²) in [6.45, 7) is 5.68. The number of halogens is 2. The smallest absolute Gasteiger partial charge is 0.320 e. The Balaban J connectivity index is 2.65. The first-order chi connectivity index (χ1) is 10.8. The highest BCUT2D eigenvalue weighted by Crippen LogP contribution is 2.26. The summed E-state index contributed by atoms with van der Waals surface area (Å²) >= 11 is 12.0. The largest absolute Gasteiger partial charge is 0.465 e. The van der Waals surface area contributed by atoms with E-state index in [-0.39, 0.29) is 24.5 Å². The standard InChI is InChI=1S/C16H22Cl2N2O3/c1-5-23-15(21)9-20(4)11(3)16(22)19-10(2)13-7-6-12(17)8-14(13)18/h6-8,10-11H,5,9H2,1-4H3,(H,19,22). The third-order valence-electron chi connectivity index (χ3n) is 3.51. The van der Waals surface area contributed by atoms with Gasteiger partial charge in [-0.25, -0.2) is 0 Å². The number of likely N-dealkylation sites (N-methyl/N-ethyl adjacent to an activating group) is 1. The lowest BCUT2D eigenvalue weighted by molar-refractivity contribution is -0.145. The van der Waals surface area contributed by atoms with E-state index >= 15 is 0 Å². The summed E-state index contributed by atoms with van der Waals surface area (Å²) < 4.78 is 4.88. The molecule has 0 saturated carbocycles. The zero-order chi connectivity index (χ0) is 17.6. The van der Waals surface area contributed by atoms with Crippen LogP contribution in [0.25, 0.3) is 0 Å². The lowest BCUT2D eigenvalue weighted by atomic mass is 10.1. The summed E-state index contributed by atoms with van der Waals surface area (Å²) in [7, 11) is 1.70. The maximum atomic E-state index is 12.3. The fourth-order valence-electron chi connectivity index (χ4n) is 2.01. The van der Waals surface area contributed by atoms with Crippen LogP contribution < -0.4 is 5.32 Å². The van der Waals surface area contributed by atoms with Crippen molar-refractivity contribution in [2.45, 2.75) is 32.9 Å². The van der Waals surface area contributed by atoms with Crippen LogP contribution in [0.15, 0.2) is 18.2 Å². The molecule has 1 rings (SSSR count). The summed E-state index contributed by atoms with van der Waals surface area (Å²) in [5.41, 5.74) is 0.782. The number of hydrogen-bond donors (Lipinski definition) is 1. The van der Waals surface area contributed by atoms with E-state index in [0.29, 0.717) is 16.7 Å². The summed E-state index contributed by atoms with van der Waals surface area (Å²) in [5.74, 6) is -0.557. The molecular weight excluding hydrogens is 339 g/mol. The van der Waals surface area contributed by atoms with Crippen molar-refractivity contribution in [2.24, 2.45) is 0 Å². The fraction of sp³-hybridized carbons (Fsp3) is 0.500. The van der Waals surface area contributed by atoms with Gasteiger partial charge in [0.2, 0.25) is 5.91 Å². The summed E-state index contributed by atoms with van der Waals surface area (Å²) in [5, 5.41) is 3.92. The van der Waals surface area contributed by atoms with Crippen molar-refractivity contribution in [2.75, 3.05) is 20.2 Å². The Morgan fingerprint density at radius 2 is 1.96 bits per heavy atom. The van der Waals surface area contributed by atoms with Crippen molar-refractivity contribution in [1.82, 2.24) is 10.2 Å². The van der Waals surface area contributed by atoms with E-state index in [2.05, 4.69) is 5.32 Å². The minimum atomic E-state index is -0.479. The molecule has 0 fully saturated rings. The predicted octanol–water partition coefficient (Wildman–Crippen LogP) is 3.05. The van der Waals surface area contributed by atoms with Crippen molar-refractivity contribution in [3.05, 3.63) is 33.8 Å². The lowest BCUT2D eigenvalue weighted by Crippen LogP contribution is -2.46. The number of rotatable bonds is 7. The van der Waals surface area contributed by atoms with E-state index < -0.39 is 6.04 Å². The van der Waals surface area contributed by atoms with E-state index in [1.165, 1.54) is 0 Å². The van der Waals surface area contributed by atoms with Gasteiger partial charge < -0.3 is 10.1 Å². The highest BCUT2D eigenvalue weighted by Gasteiger charge is 2.22. The molecule has 2 atom stereocenters. The van der Waals surface area contributed by atoms with Gasteiger partial charge in [0.15, 0.2) is 0 Å². The van der Waals surface area contributed by atoms with Gasteiger partial charge in [-0.3, -0.25) is 14.5 Å². The third kappa shape index (κ3) is 6.01. The van der Waals surface area contributed by atoms with Crippen LogP contribution in [0, 0.1) is 0 Å². The molecule has 0 bridgehead atoms. The lowest BCUT2D eigenvalue weighted by Gasteiger charge is -2.25. The Hall–Kier alpha value is -1.30. The van der Waals surface area contributed by atoms with Crippen molar-refractivity contribution < 1.29 is 14.3 Å². The van der Waals surface area contributed by atoms with Crippen molar-refractivity contribution >= 4 is 35.1 Å². The van der Waals surface area contributed by atoms with Crippen LogP contribution in [0.1, 0.15) is 32.4 Å². The van der Waals surface area contributed by atoms with Gasteiger partial charge in [-0.05, 0) is 45.5 Å². The van der Waals surface area contributed by atoms with Gasteiger partial charge in [-0.1, -0.05) is 29.3 Å². The number of carbonyl (C=O) groups is 2. The Morgan fingerprint density at radius 1 is 1.30 bits per heavy atom. The van der Waals surface area contributed by atoms with Crippen molar-refractivity contribution in [3.63, 3.8) is 0 Å². The maximum Gasteiger partial charge on any atom is 0.320 e. The number of esters is 1. The molecule has 0 aliphatic carbocycles. The summed E-state index contributed by atoms with van der Waals surface area (Å²) in [4.78, 5) is 25.4. The molecular formula is C16H22Cl2N2O3. The van der Waals surface area contributed by atoms with Crippen LogP contribution in [0.4, 0.5) is 0 Å². The Bertz CT molecular complexity index is 566. The number of amides is 1. The highest BCUT2D eigenvalue weighted by atomic mass is 35.5. The Labute approximate surface area is 146 Å². The van der Waals surface area contributed by atoms with Gasteiger partial charge in [0.25, 0.3) is 0 Å². The number of nitrogens with zero attached hydrogens (tertiary/aromatic N) is 1. The quantitative estimate of drug-likeness (QED) is 0.759. The molecule has 1 amide bonds. The minimum Gasteiger partial charge on any atom is -0.465 e. The van der Waals surface area contributed by atoms with E-state index in [1.54, 1.807) is 44.0 Å². The summed E-state index contributed by atoms with van der Waals surface area (Å²) in [6, 6.07) is 4.39. The number of ether oxygens (including phenoxy) is 1. The zero-order valence-electron chi connectivity index (χ0n) is 13.7. The van der Waals surface area contributed by atoms with Crippen molar-refractivity contribution in [1.29, 1.82) is 0 Å². The summed E-state index contributed by atoms with van der Waals surface area (Å²) in [6.07, 6.45) is 0.